The minimum atomic E-state index is -0.284. The molecule has 5 aromatic rings. The standard InChI is InChI=1S/C34H31N5O3S/c1-23-10-6-8-14-27(23)39-34-31(32(37-39)25-11-4-3-5-12-25)33(26-13-7-9-15-28(26)42-2)43-22-30(41)38(34)21-29(40)36-20-24-16-18-35-19-17-24/h3-19,33H,20-22H2,1-2H3,(H,36,40)/t33-/m1/s1. The molecule has 0 unspecified atom stereocenters. The van der Waals surface area contributed by atoms with Gasteiger partial charge >= 0.3 is 0 Å². The highest BCUT2D eigenvalue weighted by Gasteiger charge is 2.38. The first-order chi connectivity index (χ1) is 21.0. The topological polar surface area (TPSA) is 89.3 Å². The van der Waals surface area contributed by atoms with E-state index in [0.717, 1.165) is 44.9 Å². The van der Waals surface area contributed by atoms with E-state index >= 15 is 0 Å². The van der Waals surface area contributed by atoms with Gasteiger partial charge in [0.2, 0.25) is 11.8 Å². The van der Waals surface area contributed by atoms with Gasteiger partial charge in [0.25, 0.3) is 0 Å². The van der Waals surface area contributed by atoms with E-state index in [0.29, 0.717) is 12.4 Å². The Morgan fingerprint density at radius 2 is 1.70 bits per heavy atom. The average molecular weight is 590 g/mol. The minimum Gasteiger partial charge on any atom is -0.496 e. The predicted octanol–water partition coefficient (Wildman–Crippen LogP) is 5.74. The molecule has 216 valence electrons. The maximum atomic E-state index is 14.0. The number of amides is 2. The summed E-state index contributed by atoms with van der Waals surface area (Å²) in [5.74, 6) is 1.05. The highest BCUT2D eigenvalue weighted by atomic mass is 32.2. The second-order valence-corrected chi connectivity index (χ2v) is 11.3. The molecule has 6 rings (SSSR count). The third-order valence-corrected chi connectivity index (χ3v) is 8.68. The molecular weight excluding hydrogens is 558 g/mol. The molecule has 1 aliphatic heterocycles. The number of hydrogen-bond acceptors (Lipinski definition) is 6. The Balaban J connectivity index is 1.55. The number of pyridine rings is 1. The predicted molar refractivity (Wildman–Crippen MR) is 169 cm³/mol. The minimum absolute atomic E-state index is 0.151. The van der Waals surface area contributed by atoms with Gasteiger partial charge in [-0.3, -0.25) is 19.5 Å². The Hall–Kier alpha value is -4.89. The van der Waals surface area contributed by atoms with Crippen LogP contribution in [0.5, 0.6) is 5.75 Å². The number of aromatic nitrogens is 3. The molecule has 43 heavy (non-hydrogen) atoms. The van der Waals surface area contributed by atoms with Crippen molar-refractivity contribution >= 4 is 29.4 Å². The number of para-hydroxylation sites is 2. The van der Waals surface area contributed by atoms with Crippen LogP contribution in [0.1, 0.15) is 27.5 Å². The first kappa shape index (κ1) is 28.2. The molecule has 3 aromatic carbocycles. The van der Waals surface area contributed by atoms with Crippen LogP contribution in [-0.4, -0.2) is 46.0 Å². The van der Waals surface area contributed by atoms with Crippen LogP contribution in [-0.2, 0) is 16.1 Å². The largest absolute Gasteiger partial charge is 0.496 e. The zero-order valence-electron chi connectivity index (χ0n) is 23.9. The number of thioether (sulfide) groups is 1. The van der Waals surface area contributed by atoms with Crippen molar-refractivity contribution in [3.05, 3.63) is 126 Å². The maximum Gasteiger partial charge on any atom is 0.240 e. The quantitative estimate of drug-likeness (QED) is 0.249. The zero-order valence-corrected chi connectivity index (χ0v) is 24.8. The molecule has 3 heterocycles. The third-order valence-electron chi connectivity index (χ3n) is 7.44. The van der Waals surface area contributed by atoms with E-state index in [1.807, 2.05) is 103 Å². The van der Waals surface area contributed by atoms with E-state index in [2.05, 4.69) is 10.3 Å². The Morgan fingerprint density at radius 1 is 0.977 bits per heavy atom. The van der Waals surface area contributed by atoms with Gasteiger partial charge in [0.15, 0.2) is 0 Å². The van der Waals surface area contributed by atoms with Gasteiger partial charge in [0, 0.05) is 35.6 Å². The van der Waals surface area contributed by atoms with Crippen LogP contribution in [0, 0.1) is 6.92 Å². The molecule has 1 N–H and O–H groups in total. The van der Waals surface area contributed by atoms with Crippen molar-refractivity contribution in [2.45, 2.75) is 18.7 Å². The fourth-order valence-corrected chi connectivity index (χ4v) is 6.55. The van der Waals surface area contributed by atoms with Crippen molar-refractivity contribution in [1.82, 2.24) is 20.1 Å². The molecule has 0 spiro atoms. The normalized spacial score (nSPS) is 14.6. The van der Waals surface area contributed by atoms with Crippen LogP contribution < -0.4 is 15.0 Å². The average Bonchev–Trinajstić information content (AvgIpc) is 3.37. The molecule has 2 amide bonds. The number of carbonyl (C=O) groups excluding carboxylic acids is 2. The highest BCUT2D eigenvalue weighted by Crippen LogP contribution is 2.50. The third kappa shape index (κ3) is 5.76. The van der Waals surface area contributed by atoms with Gasteiger partial charge < -0.3 is 10.1 Å². The first-order valence-electron chi connectivity index (χ1n) is 14.0. The summed E-state index contributed by atoms with van der Waals surface area (Å²) in [7, 11) is 1.65. The molecular formula is C34H31N5O3S. The molecule has 0 fully saturated rings. The van der Waals surface area contributed by atoms with Crippen LogP contribution >= 0.6 is 11.8 Å². The van der Waals surface area contributed by atoms with Crippen LogP contribution in [0.25, 0.3) is 16.9 Å². The molecule has 0 bridgehead atoms. The second kappa shape index (κ2) is 12.5. The van der Waals surface area contributed by atoms with Crippen molar-refractivity contribution < 1.29 is 14.3 Å². The van der Waals surface area contributed by atoms with E-state index in [4.69, 9.17) is 9.84 Å². The molecule has 2 aromatic heterocycles. The van der Waals surface area contributed by atoms with Crippen LogP contribution in [0.4, 0.5) is 5.82 Å². The van der Waals surface area contributed by atoms with Crippen LogP contribution in [0.15, 0.2) is 103 Å². The van der Waals surface area contributed by atoms with Gasteiger partial charge in [0.1, 0.15) is 18.1 Å². The Morgan fingerprint density at radius 3 is 2.47 bits per heavy atom. The molecule has 8 nitrogen and oxygen atoms in total. The lowest BCUT2D eigenvalue weighted by atomic mass is 9.99. The summed E-state index contributed by atoms with van der Waals surface area (Å²) in [5, 5.41) is 7.87. The molecule has 0 saturated heterocycles. The monoisotopic (exact) mass is 589 g/mol. The van der Waals surface area contributed by atoms with Crippen molar-refractivity contribution in [3.63, 3.8) is 0 Å². The van der Waals surface area contributed by atoms with E-state index < -0.39 is 0 Å². The zero-order chi connectivity index (χ0) is 29.8. The van der Waals surface area contributed by atoms with Crippen molar-refractivity contribution in [2.24, 2.45) is 0 Å². The lowest BCUT2D eigenvalue weighted by Crippen LogP contribution is -2.42. The summed E-state index contributed by atoms with van der Waals surface area (Å²) >= 11 is 1.52. The first-order valence-corrected chi connectivity index (χ1v) is 15.0. The van der Waals surface area contributed by atoms with Crippen LogP contribution in [0.3, 0.4) is 0 Å². The van der Waals surface area contributed by atoms with Gasteiger partial charge in [-0.1, -0.05) is 66.7 Å². The smallest absolute Gasteiger partial charge is 0.240 e. The van der Waals surface area contributed by atoms with Crippen LogP contribution in [0.2, 0.25) is 0 Å². The number of hydrogen-bond donors (Lipinski definition) is 1. The molecule has 0 saturated carbocycles. The highest BCUT2D eigenvalue weighted by molar-refractivity contribution is 8.00. The van der Waals surface area contributed by atoms with E-state index in [-0.39, 0.29) is 29.4 Å². The SMILES string of the molecule is COc1ccccc1[C@H]1SCC(=O)N(CC(=O)NCc2ccncc2)c2c1c(-c1ccccc1)nn2-c1ccccc1C. The lowest BCUT2D eigenvalue weighted by Gasteiger charge is -2.24. The van der Waals surface area contributed by atoms with Gasteiger partial charge in [-0.25, -0.2) is 4.68 Å². The number of anilines is 1. The Labute approximate surface area is 254 Å². The molecule has 0 aliphatic carbocycles. The number of ether oxygens (including phenoxy) is 1. The molecule has 0 radical (unpaired) electrons. The molecule has 1 aliphatic rings. The summed E-state index contributed by atoms with van der Waals surface area (Å²) in [6.45, 7) is 2.20. The van der Waals surface area contributed by atoms with E-state index in [1.54, 1.807) is 24.4 Å². The van der Waals surface area contributed by atoms with Crippen molar-refractivity contribution in [2.75, 3.05) is 24.3 Å². The number of fused-ring (bicyclic) bond motifs is 1. The van der Waals surface area contributed by atoms with E-state index in [1.165, 1.54) is 11.8 Å². The van der Waals surface area contributed by atoms with Gasteiger partial charge in [-0.05, 0) is 42.3 Å². The number of rotatable bonds is 8. The maximum absolute atomic E-state index is 14.0. The lowest BCUT2D eigenvalue weighted by molar-refractivity contribution is -0.123. The van der Waals surface area contributed by atoms with Crippen molar-refractivity contribution in [1.29, 1.82) is 0 Å². The number of nitrogens with zero attached hydrogens (tertiary/aromatic N) is 4. The van der Waals surface area contributed by atoms with Gasteiger partial charge in [0.05, 0.1) is 29.5 Å². The van der Waals surface area contributed by atoms with E-state index in [9.17, 15) is 9.59 Å². The van der Waals surface area contributed by atoms with Crippen molar-refractivity contribution in [3.8, 4) is 22.7 Å². The summed E-state index contributed by atoms with van der Waals surface area (Å²) < 4.78 is 7.62. The summed E-state index contributed by atoms with van der Waals surface area (Å²) in [6, 6.07) is 29.5. The van der Waals surface area contributed by atoms with Gasteiger partial charge in [-0.15, -0.1) is 11.8 Å². The Kier molecular flexibility index (Phi) is 8.24. The number of methoxy groups -OCH3 is 1. The number of nitrogens with one attached hydrogen (secondary N) is 1. The second-order valence-electron chi connectivity index (χ2n) is 10.2. The number of benzene rings is 3. The fourth-order valence-electron chi connectivity index (χ4n) is 5.33. The number of carbonyl (C=O) groups is 2. The molecule has 9 heteroatoms. The number of aryl methyl sites for hydroxylation is 1. The molecule has 1 atom stereocenters. The summed E-state index contributed by atoms with van der Waals surface area (Å²) in [4.78, 5) is 33.0. The fraction of sp³-hybridized carbons (Fsp3) is 0.176. The summed E-state index contributed by atoms with van der Waals surface area (Å²) in [6.07, 6.45) is 3.38. The van der Waals surface area contributed by atoms with Gasteiger partial charge in [-0.2, -0.15) is 5.10 Å². The Bertz CT molecular complexity index is 1760. The summed E-state index contributed by atoms with van der Waals surface area (Å²) in [5.41, 5.74) is 6.22.